The van der Waals surface area contributed by atoms with Crippen molar-refractivity contribution in [3.8, 4) is 0 Å². The van der Waals surface area contributed by atoms with E-state index in [0.29, 0.717) is 36.6 Å². The van der Waals surface area contributed by atoms with E-state index >= 15 is 0 Å². The minimum atomic E-state index is -0.335. The summed E-state index contributed by atoms with van der Waals surface area (Å²) in [5.41, 5.74) is 1.15. The second-order valence-electron chi connectivity index (χ2n) is 4.41. The molecule has 0 saturated heterocycles. The van der Waals surface area contributed by atoms with E-state index in [1.165, 1.54) is 0 Å². The number of alkyl halides is 1. The van der Waals surface area contributed by atoms with Gasteiger partial charge < -0.3 is 10.1 Å². The molecule has 1 aromatic carbocycles. The van der Waals surface area contributed by atoms with Crippen molar-refractivity contribution in [2.45, 2.75) is 32.6 Å². The van der Waals surface area contributed by atoms with Gasteiger partial charge >= 0.3 is 5.97 Å². The van der Waals surface area contributed by atoms with Gasteiger partial charge in [0.05, 0.1) is 12.2 Å². The Labute approximate surface area is 124 Å². The molecule has 110 valence electrons. The molecule has 0 heterocycles. The van der Waals surface area contributed by atoms with E-state index in [1.54, 1.807) is 24.3 Å². The van der Waals surface area contributed by atoms with Gasteiger partial charge in [-0.05, 0) is 37.1 Å². The van der Waals surface area contributed by atoms with Gasteiger partial charge in [0.1, 0.15) is 0 Å². The third kappa shape index (κ3) is 6.06. The summed E-state index contributed by atoms with van der Waals surface area (Å²) in [5, 5.41) is 2.75. The summed E-state index contributed by atoms with van der Waals surface area (Å²) >= 11 is 5.52. The molecule has 0 aliphatic heterocycles. The van der Waals surface area contributed by atoms with Crippen LogP contribution < -0.4 is 5.32 Å². The van der Waals surface area contributed by atoms with Crippen molar-refractivity contribution in [1.82, 2.24) is 0 Å². The summed E-state index contributed by atoms with van der Waals surface area (Å²) in [5.74, 6) is 0.0538. The van der Waals surface area contributed by atoms with Gasteiger partial charge in [0.15, 0.2) is 0 Å². The maximum Gasteiger partial charge on any atom is 0.338 e. The number of hydrogen-bond donors (Lipinski definition) is 1. The van der Waals surface area contributed by atoms with Crippen LogP contribution in [0, 0.1) is 0 Å². The number of carbonyl (C=O) groups is 2. The van der Waals surface area contributed by atoms with E-state index in [2.05, 4.69) is 5.32 Å². The lowest BCUT2D eigenvalue weighted by Gasteiger charge is -2.06. The van der Waals surface area contributed by atoms with E-state index in [9.17, 15) is 9.59 Å². The lowest BCUT2D eigenvalue weighted by atomic mass is 10.2. The predicted molar refractivity (Wildman–Crippen MR) is 80.2 cm³/mol. The Kier molecular flexibility index (Phi) is 7.73. The summed E-state index contributed by atoms with van der Waals surface area (Å²) in [7, 11) is 0. The molecule has 1 amide bonds. The Hall–Kier alpha value is -1.55. The average Bonchev–Trinajstić information content (AvgIpc) is 2.46. The van der Waals surface area contributed by atoms with Crippen molar-refractivity contribution in [3.63, 3.8) is 0 Å². The van der Waals surface area contributed by atoms with Crippen molar-refractivity contribution < 1.29 is 14.3 Å². The number of amides is 1. The van der Waals surface area contributed by atoms with Gasteiger partial charge in [0.2, 0.25) is 5.91 Å². The molecule has 0 bridgehead atoms. The molecular weight excluding hydrogens is 278 g/mol. The Bertz CT molecular complexity index is 431. The van der Waals surface area contributed by atoms with Crippen LogP contribution in [0.4, 0.5) is 5.69 Å². The largest absolute Gasteiger partial charge is 0.462 e. The number of rotatable bonds is 8. The van der Waals surface area contributed by atoms with E-state index in [4.69, 9.17) is 16.3 Å². The first-order valence-electron chi connectivity index (χ1n) is 6.80. The maximum absolute atomic E-state index is 11.7. The van der Waals surface area contributed by atoms with Crippen LogP contribution in [0.15, 0.2) is 24.3 Å². The molecule has 1 aromatic rings. The molecule has 0 aliphatic rings. The third-order valence-corrected chi connectivity index (χ3v) is 2.94. The molecule has 0 fully saturated rings. The lowest BCUT2D eigenvalue weighted by molar-refractivity contribution is -0.116. The molecule has 0 saturated carbocycles. The highest BCUT2D eigenvalue weighted by atomic mass is 35.5. The smallest absolute Gasteiger partial charge is 0.338 e. The topological polar surface area (TPSA) is 55.4 Å². The van der Waals surface area contributed by atoms with Crippen LogP contribution >= 0.6 is 11.6 Å². The van der Waals surface area contributed by atoms with Gasteiger partial charge in [-0.3, -0.25) is 4.79 Å². The molecule has 0 radical (unpaired) electrons. The van der Waals surface area contributed by atoms with E-state index < -0.39 is 0 Å². The van der Waals surface area contributed by atoms with Gasteiger partial charge in [-0.15, -0.1) is 11.6 Å². The number of anilines is 1. The monoisotopic (exact) mass is 297 g/mol. The Morgan fingerprint density at radius 3 is 2.50 bits per heavy atom. The molecular formula is C15H20ClNO3. The number of ether oxygens (including phenoxy) is 1. The quantitative estimate of drug-likeness (QED) is 0.453. The van der Waals surface area contributed by atoms with E-state index in [1.807, 2.05) is 6.92 Å². The molecule has 1 N–H and O–H groups in total. The number of halogens is 1. The second kappa shape index (κ2) is 9.37. The Morgan fingerprint density at radius 2 is 1.90 bits per heavy atom. The highest BCUT2D eigenvalue weighted by molar-refractivity contribution is 6.18. The molecule has 1 rings (SSSR count). The number of nitrogens with one attached hydrogen (secondary N) is 1. The van der Waals surface area contributed by atoms with Crippen LogP contribution in [0.1, 0.15) is 43.0 Å². The number of esters is 1. The van der Waals surface area contributed by atoms with Crippen molar-refractivity contribution in [2.75, 3.05) is 17.8 Å². The highest BCUT2D eigenvalue weighted by Crippen LogP contribution is 2.11. The molecule has 4 nitrogen and oxygen atoms in total. The number of carbonyl (C=O) groups excluding carboxylic acids is 2. The number of benzene rings is 1. The molecule has 0 aromatic heterocycles. The van der Waals surface area contributed by atoms with Gasteiger partial charge in [0.25, 0.3) is 0 Å². The minimum absolute atomic E-state index is 0.0797. The highest BCUT2D eigenvalue weighted by Gasteiger charge is 2.07. The van der Waals surface area contributed by atoms with Gasteiger partial charge in [-0.25, -0.2) is 4.79 Å². The number of unbranched alkanes of at least 4 members (excludes halogenated alkanes) is 1. The first-order chi connectivity index (χ1) is 9.67. The second-order valence-corrected chi connectivity index (χ2v) is 4.79. The molecule has 20 heavy (non-hydrogen) atoms. The van der Waals surface area contributed by atoms with Crippen LogP contribution in [0.2, 0.25) is 0 Å². The first kappa shape index (κ1) is 16.5. The normalized spacial score (nSPS) is 10.1. The standard InChI is InChI=1S/C15H20ClNO3/c1-2-3-11-20-15(19)12-6-8-13(9-7-12)17-14(18)5-4-10-16/h6-9H,2-5,10-11H2,1H3,(H,17,18). The fourth-order valence-corrected chi connectivity index (χ4v) is 1.67. The lowest BCUT2D eigenvalue weighted by Crippen LogP contribution is -2.11. The van der Waals surface area contributed by atoms with Crippen molar-refractivity contribution in [3.05, 3.63) is 29.8 Å². The predicted octanol–water partition coefficient (Wildman–Crippen LogP) is 3.60. The van der Waals surface area contributed by atoms with Gasteiger partial charge in [0, 0.05) is 18.0 Å². The Morgan fingerprint density at radius 1 is 1.20 bits per heavy atom. The van der Waals surface area contributed by atoms with Crippen molar-refractivity contribution in [2.24, 2.45) is 0 Å². The summed E-state index contributed by atoms with van der Waals surface area (Å²) in [4.78, 5) is 23.2. The zero-order valence-electron chi connectivity index (χ0n) is 11.7. The fraction of sp³-hybridized carbons (Fsp3) is 0.467. The fourth-order valence-electron chi connectivity index (χ4n) is 1.53. The van der Waals surface area contributed by atoms with Crippen LogP contribution in [-0.4, -0.2) is 24.4 Å². The minimum Gasteiger partial charge on any atom is -0.462 e. The molecule has 0 aliphatic carbocycles. The van der Waals surface area contributed by atoms with Crippen molar-refractivity contribution >= 4 is 29.2 Å². The Balaban J connectivity index is 2.47. The SMILES string of the molecule is CCCCOC(=O)c1ccc(NC(=O)CCCCl)cc1. The summed E-state index contributed by atoms with van der Waals surface area (Å²) < 4.78 is 5.10. The zero-order valence-corrected chi connectivity index (χ0v) is 12.4. The molecule has 0 atom stereocenters. The van der Waals surface area contributed by atoms with Crippen molar-refractivity contribution in [1.29, 1.82) is 0 Å². The molecule has 0 unspecified atom stereocenters. The van der Waals surface area contributed by atoms with E-state index in [0.717, 1.165) is 12.8 Å². The van der Waals surface area contributed by atoms with Crippen LogP contribution in [-0.2, 0) is 9.53 Å². The molecule has 0 spiro atoms. The average molecular weight is 298 g/mol. The molecule has 5 heteroatoms. The zero-order chi connectivity index (χ0) is 14.8. The van der Waals surface area contributed by atoms with E-state index in [-0.39, 0.29) is 11.9 Å². The summed E-state index contributed by atoms with van der Waals surface area (Å²) in [6.45, 7) is 2.47. The van der Waals surface area contributed by atoms with Crippen LogP contribution in [0.3, 0.4) is 0 Å². The summed E-state index contributed by atoms with van der Waals surface area (Å²) in [6, 6.07) is 6.67. The maximum atomic E-state index is 11.7. The number of hydrogen-bond acceptors (Lipinski definition) is 3. The van der Waals surface area contributed by atoms with Gasteiger partial charge in [-0.2, -0.15) is 0 Å². The third-order valence-electron chi connectivity index (χ3n) is 2.67. The first-order valence-corrected chi connectivity index (χ1v) is 7.33. The van der Waals surface area contributed by atoms with Crippen LogP contribution in [0.25, 0.3) is 0 Å². The summed E-state index contributed by atoms with van der Waals surface area (Å²) in [6.07, 6.45) is 2.89. The van der Waals surface area contributed by atoms with Gasteiger partial charge in [-0.1, -0.05) is 13.3 Å². The van der Waals surface area contributed by atoms with Crippen LogP contribution in [0.5, 0.6) is 0 Å².